The number of furan rings is 1. The fraction of sp³-hybridized carbons (Fsp3) is 0.158. The van der Waals surface area contributed by atoms with Gasteiger partial charge in [0.15, 0.2) is 0 Å². The molecule has 3 aromatic rings. The van der Waals surface area contributed by atoms with Crippen LogP contribution in [0.4, 0.5) is 0 Å². The van der Waals surface area contributed by atoms with E-state index in [-0.39, 0.29) is 28.4 Å². The zero-order valence-electron chi connectivity index (χ0n) is 15.1. The summed E-state index contributed by atoms with van der Waals surface area (Å²) in [4.78, 5) is 22.2. The molecule has 148 valence electrons. The third-order valence-electron chi connectivity index (χ3n) is 3.62. The number of aryl methyl sites for hydroxylation is 1. The van der Waals surface area contributed by atoms with E-state index in [2.05, 4.69) is 9.47 Å². The summed E-state index contributed by atoms with van der Waals surface area (Å²) >= 11 is 1.77. The quantitative estimate of drug-likeness (QED) is 0.359. The van der Waals surface area contributed by atoms with Gasteiger partial charge < -0.3 is 29.2 Å². The van der Waals surface area contributed by atoms with Crippen LogP contribution in [0.15, 0.2) is 34.7 Å². The largest absolute Gasteiger partial charge is 0.507 e. The van der Waals surface area contributed by atoms with Crippen molar-refractivity contribution < 1.29 is 38.8 Å². The summed E-state index contributed by atoms with van der Waals surface area (Å²) in [5, 5.41) is 28.7. The van der Waals surface area contributed by atoms with E-state index < -0.39 is 11.9 Å². The molecule has 3 N–H and O–H groups in total. The normalized spacial score (nSPS) is 10.1. The summed E-state index contributed by atoms with van der Waals surface area (Å²) in [6.07, 6.45) is 0. The molecular formula is C19H17IO8. The first kappa shape index (κ1) is 21.4. The second kappa shape index (κ2) is 8.83. The van der Waals surface area contributed by atoms with Gasteiger partial charge in [-0.05, 0) is 59.8 Å². The highest BCUT2D eigenvalue weighted by molar-refractivity contribution is 14.1. The van der Waals surface area contributed by atoms with Crippen LogP contribution in [-0.2, 0) is 9.47 Å². The number of aromatic hydroxyl groups is 3. The minimum Gasteiger partial charge on any atom is -0.507 e. The summed E-state index contributed by atoms with van der Waals surface area (Å²) < 4.78 is 14.6. The summed E-state index contributed by atoms with van der Waals surface area (Å²) in [5.41, 5.74) is 0.877. The molecule has 0 aliphatic heterocycles. The summed E-state index contributed by atoms with van der Waals surface area (Å²) in [7, 11) is 2.52. The minimum absolute atomic E-state index is 0.0183. The standard InChI is InChI=1S/C11H10O4.C8H7IO4/c1-6-3-8-9(12)4-7(11(13)14-2)5-10(8)15-6;1-13-8(12)4-2-5(10)7(9)6(11)3-4/h3-5,12H,1-2H3;2-3,10-11H,1H3. The molecule has 2 aromatic carbocycles. The monoisotopic (exact) mass is 500 g/mol. The zero-order chi connectivity index (χ0) is 21.0. The average Bonchev–Trinajstić information content (AvgIpc) is 3.05. The first-order valence-electron chi connectivity index (χ1n) is 7.79. The SMILES string of the molecule is COC(=O)c1cc(O)c(I)c(O)c1.COC(=O)c1cc(O)c2cc(C)oc2c1. The fourth-order valence-electron chi connectivity index (χ4n) is 2.31. The maximum Gasteiger partial charge on any atom is 0.338 e. The van der Waals surface area contributed by atoms with E-state index in [1.165, 1.54) is 32.4 Å². The van der Waals surface area contributed by atoms with Crippen molar-refractivity contribution in [2.75, 3.05) is 14.2 Å². The molecule has 0 saturated heterocycles. The van der Waals surface area contributed by atoms with E-state index in [4.69, 9.17) is 4.42 Å². The molecule has 0 atom stereocenters. The number of rotatable bonds is 2. The molecule has 0 aliphatic rings. The van der Waals surface area contributed by atoms with Crippen molar-refractivity contribution in [3.8, 4) is 17.2 Å². The number of hydrogen-bond acceptors (Lipinski definition) is 8. The summed E-state index contributed by atoms with van der Waals surface area (Å²) in [5.74, 6) is -0.669. The third-order valence-corrected chi connectivity index (χ3v) is 4.72. The Morgan fingerprint density at radius 2 is 1.32 bits per heavy atom. The molecule has 0 radical (unpaired) electrons. The van der Waals surface area contributed by atoms with Gasteiger partial charge in [-0.3, -0.25) is 0 Å². The van der Waals surface area contributed by atoms with Crippen LogP contribution in [0.3, 0.4) is 0 Å². The van der Waals surface area contributed by atoms with E-state index in [0.717, 1.165) is 0 Å². The Bertz CT molecular complexity index is 1010. The highest BCUT2D eigenvalue weighted by Crippen LogP contribution is 2.30. The Balaban J connectivity index is 0.000000203. The molecule has 0 amide bonds. The number of benzene rings is 2. The molecule has 0 aliphatic carbocycles. The number of carbonyl (C=O) groups excluding carboxylic acids is 2. The second-order valence-corrected chi connectivity index (χ2v) is 6.65. The zero-order valence-corrected chi connectivity index (χ0v) is 17.3. The predicted octanol–water partition coefficient (Wildman–Crippen LogP) is 3.72. The number of carbonyl (C=O) groups is 2. The van der Waals surface area contributed by atoms with Gasteiger partial charge in [-0.25, -0.2) is 9.59 Å². The van der Waals surface area contributed by atoms with Gasteiger partial charge in [-0.15, -0.1) is 0 Å². The van der Waals surface area contributed by atoms with Gasteiger partial charge in [-0.1, -0.05) is 0 Å². The number of hydrogen-bond donors (Lipinski definition) is 3. The molecule has 0 saturated carbocycles. The second-order valence-electron chi connectivity index (χ2n) is 5.58. The van der Waals surface area contributed by atoms with Crippen molar-refractivity contribution in [1.82, 2.24) is 0 Å². The molecule has 3 rings (SSSR count). The number of esters is 2. The molecule has 28 heavy (non-hydrogen) atoms. The molecule has 0 fully saturated rings. The van der Waals surface area contributed by atoms with Crippen LogP contribution in [0.25, 0.3) is 11.0 Å². The van der Waals surface area contributed by atoms with Gasteiger partial charge in [-0.2, -0.15) is 0 Å². The summed E-state index contributed by atoms with van der Waals surface area (Å²) in [6, 6.07) is 7.11. The maximum atomic E-state index is 11.2. The molecule has 9 heteroatoms. The Hall–Kier alpha value is -2.95. The smallest absolute Gasteiger partial charge is 0.338 e. The van der Waals surface area contributed by atoms with E-state index >= 15 is 0 Å². The van der Waals surface area contributed by atoms with Crippen LogP contribution in [0.2, 0.25) is 0 Å². The topological polar surface area (TPSA) is 126 Å². The molecule has 0 spiro atoms. The minimum atomic E-state index is -0.595. The van der Waals surface area contributed by atoms with Gasteiger partial charge in [0.1, 0.15) is 28.6 Å². The van der Waals surface area contributed by atoms with E-state index in [0.29, 0.717) is 20.3 Å². The lowest BCUT2D eigenvalue weighted by atomic mass is 10.1. The summed E-state index contributed by atoms with van der Waals surface area (Å²) in [6.45, 7) is 1.78. The average molecular weight is 500 g/mol. The molecule has 1 aromatic heterocycles. The van der Waals surface area contributed by atoms with Crippen LogP contribution in [0, 0.1) is 10.5 Å². The third kappa shape index (κ3) is 4.66. The number of ether oxygens (including phenoxy) is 2. The van der Waals surface area contributed by atoms with Crippen LogP contribution in [0.5, 0.6) is 17.2 Å². The van der Waals surface area contributed by atoms with Gasteiger partial charge in [0, 0.05) is 0 Å². The number of phenols is 3. The Labute approximate surface area is 173 Å². The van der Waals surface area contributed by atoms with Gasteiger partial charge in [0.05, 0.1) is 34.3 Å². The molecule has 0 bridgehead atoms. The van der Waals surface area contributed by atoms with E-state index in [9.17, 15) is 24.9 Å². The van der Waals surface area contributed by atoms with Crippen LogP contribution < -0.4 is 0 Å². The van der Waals surface area contributed by atoms with Crippen LogP contribution in [0.1, 0.15) is 26.5 Å². The van der Waals surface area contributed by atoms with Crippen molar-refractivity contribution in [2.24, 2.45) is 0 Å². The number of fused-ring (bicyclic) bond motifs is 1. The molecule has 0 unspecified atom stereocenters. The molecule has 8 nitrogen and oxygen atoms in total. The van der Waals surface area contributed by atoms with Crippen molar-refractivity contribution >= 4 is 45.5 Å². The van der Waals surface area contributed by atoms with Crippen molar-refractivity contribution in [3.63, 3.8) is 0 Å². The molecule has 1 heterocycles. The highest BCUT2D eigenvalue weighted by atomic mass is 127. The number of methoxy groups -OCH3 is 2. The van der Waals surface area contributed by atoms with Gasteiger partial charge in [0.2, 0.25) is 0 Å². The first-order valence-corrected chi connectivity index (χ1v) is 8.87. The van der Waals surface area contributed by atoms with E-state index in [1.807, 2.05) is 0 Å². The Morgan fingerprint density at radius 3 is 1.82 bits per heavy atom. The lowest BCUT2D eigenvalue weighted by Crippen LogP contribution is -2.00. The maximum absolute atomic E-state index is 11.2. The van der Waals surface area contributed by atoms with Gasteiger partial charge in [0.25, 0.3) is 0 Å². The Morgan fingerprint density at radius 1 is 0.857 bits per heavy atom. The highest BCUT2D eigenvalue weighted by Gasteiger charge is 2.13. The number of halogens is 1. The van der Waals surface area contributed by atoms with Crippen LogP contribution >= 0.6 is 22.6 Å². The Kier molecular flexibility index (Phi) is 6.73. The fourth-order valence-corrected chi connectivity index (χ4v) is 2.62. The lowest BCUT2D eigenvalue weighted by molar-refractivity contribution is 0.0591. The predicted molar refractivity (Wildman–Crippen MR) is 108 cm³/mol. The molecular weight excluding hydrogens is 483 g/mol. The van der Waals surface area contributed by atoms with Crippen molar-refractivity contribution in [2.45, 2.75) is 6.92 Å². The van der Waals surface area contributed by atoms with Crippen LogP contribution in [-0.4, -0.2) is 41.5 Å². The first-order chi connectivity index (χ1) is 13.2. The van der Waals surface area contributed by atoms with Gasteiger partial charge >= 0.3 is 11.9 Å². The van der Waals surface area contributed by atoms with Crippen molar-refractivity contribution in [1.29, 1.82) is 0 Å². The van der Waals surface area contributed by atoms with Crippen molar-refractivity contribution in [3.05, 3.63) is 50.8 Å². The lowest BCUT2D eigenvalue weighted by Gasteiger charge is -2.03. The number of phenolic OH excluding ortho intramolecular Hbond substituents is 3. The van der Waals surface area contributed by atoms with E-state index in [1.54, 1.807) is 41.6 Å².